The van der Waals surface area contributed by atoms with Gasteiger partial charge in [0.1, 0.15) is 0 Å². The van der Waals surface area contributed by atoms with Crippen LogP contribution in [-0.2, 0) is 16.1 Å². The van der Waals surface area contributed by atoms with Crippen molar-refractivity contribution in [3.63, 3.8) is 0 Å². The Morgan fingerprint density at radius 3 is 2.46 bits per heavy atom. The first-order valence-corrected chi connectivity index (χ1v) is 9.43. The molecule has 0 saturated carbocycles. The fourth-order valence-electron chi connectivity index (χ4n) is 2.48. The summed E-state index contributed by atoms with van der Waals surface area (Å²) in [5, 5.41) is 2.67. The number of rotatable bonds is 6. The molecule has 0 unspecified atom stereocenters. The Labute approximate surface area is 165 Å². The second kappa shape index (κ2) is 8.26. The lowest BCUT2D eigenvalue weighted by Gasteiger charge is -2.06. The normalized spacial score (nSPS) is 10.7. The predicted molar refractivity (Wildman–Crippen MR) is 105 cm³/mol. The third kappa shape index (κ3) is 4.58. The number of fused-ring (bicyclic) bond motifs is 1. The van der Waals surface area contributed by atoms with E-state index in [1.807, 2.05) is 13.8 Å². The predicted octanol–water partition coefficient (Wildman–Crippen LogP) is 2.98. The fourth-order valence-corrected chi connectivity index (χ4v) is 3.35. The van der Waals surface area contributed by atoms with Crippen LogP contribution in [0.4, 0.5) is 0 Å². The van der Waals surface area contributed by atoms with Gasteiger partial charge in [-0.05, 0) is 44.2 Å². The molecule has 1 amide bonds. The molecule has 0 fully saturated rings. The number of benzene rings is 1. The van der Waals surface area contributed by atoms with Crippen molar-refractivity contribution < 1.29 is 19.1 Å². The molecule has 2 heterocycles. The molecule has 3 aromatic rings. The summed E-state index contributed by atoms with van der Waals surface area (Å²) in [6, 6.07) is 8.35. The van der Waals surface area contributed by atoms with E-state index in [1.165, 1.54) is 18.3 Å². The maximum absolute atomic E-state index is 12.3. The van der Waals surface area contributed by atoms with Crippen LogP contribution in [-0.4, -0.2) is 34.2 Å². The van der Waals surface area contributed by atoms with Gasteiger partial charge in [0, 0.05) is 11.8 Å². The van der Waals surface area contributed by atoms with Gasteiger partial charge < -0.3 is 10.1 Å². The largest absolute Gasteiger partial charge is 0.454 e. The number of Topliss-reactive ketones (excluding diaryl/α,β-unsaturated/α-hetero) is 1. The lowest BCUT2D eigenvalue weighted by atomic mass is 10.2. The molecule has 2 aromatic heterocycles. The molecule has 0 aliphatic heterocycles. The first kappa shape index (κ1) is 19.6. The van der Waals surface area contributed by atoms with Crippen LogP contribution in [0.15, 0.2) is 30.3 Å². The number of aromatic nitrogens is 2. The fraction of sp³-hybridized carbons (Fsp3) is 0.250. The lowest BCUT2D eigenvalue weighted by molar-refractivity contribution is -0.119. The van der Waals surface area contributed by atoms with Crippen LogP contribution in [0.25, 0.3) is 11.0 Å². The first-order valence-electron chi connectivity index (χ1n) is 8.62. The zero-order valence-electron chi connectivity index (χ0n) is 15.7. The average molecular weight is 397 g/mol. The quantitative estimate of drug-likeness (QED) is 0.507. The van der Waals surface area contributed by atoms with Gasteiger partial charge in [-0.15, -0.1) is 11.3 Å². The maximum atomic E-state index is 12.3. The zero-order valence-corrected chi connectivity index (χ0v) is 16.6. The molecule has 0 saturated heterocycles. The van der Waals surface area contributed by atoms with E-state index < -0.39 is 5.97 Å². The van der Waals surface area contributed by atoms with Gasteiger partial charge in [0.05, 0.1) is 39.4 Å². The molecule has 7 nitrogen and oxygen atoms in total. The Kier molecular flexibility index (Phi) is 5.79. The molecule has 8 heteroatoms. The van der Waals surface area contributed by atoms with Crippen molar-refractivity contribution in [1.82, 2.24) is 15.3 Å². The average Bonchev–Trinajstić information content (AvgIpc) is 3.14. The molecule has 0 bridgehead atoms. The number of nitrogens with one attached hydrogen (secondary N) is 1. The van der Waals surface area contributed by atoms with Crippen molar-refractivity contribution in [2.45, 2.75) is 27.3 Å². The second-order valence-electron chi connectivity index (χ2n) is 6.27. The summed E-state index contributed by atoms with van der Waals surface area (Å²) in [5.74, 6) is -1.02. The van der Waals surface area contributed by atoms with Crippen LogP contribution in [0.1, 0.15) is 43.2 Å². The van der Waals surface area contributed by atoms with Gasteiger partial charge in [0.25, 0.3) is 0 Å². The Morgan fingerprint density at radius 1 is 1.04 bits per heavy atom. The molecule has 0 spiro atoms. The number of carbonyl (C=O) groups excluding carboxylic acids is 3. The molecule has 3 rings (SSSR count). The van der Waals surface area contributed by atoms with Gasteiger partial charge in [-0.2, -0.15) is 0 Å². The molecule has 0 aliphatic carbocycles. The van der Waals surface area contributed by atoms with E-state index in [2.05, 4.69) is 15.3 Å². The van der Waals surface area contributed by atoms with Crippen LogP contribution in [0.3, 0.4) is 0 Å². The minimum Gasteiger partial charge on any atom is -0.454 e. The molecule has 0 atom stereocenters. The third-order valence-corrected chi connectivity index (χ3v) is 5.22. The van der Waals surface area contributed by atoms with Crippen molar-refractivity contribution >= 4 is 40.0 Å². The van der Waals surface area contributed by atoms with Crippen molar-refractivity contribution in [3.8, 4) is 0 Å². The van der Waals surface area contributed by atoms with Crippen molar-refractivity contribution in [2.75, 3.05) is 6.61 Å². The van der Waals surface area contributed by atoms with Crippen LogP contribution in [0.2, 0.25) is 0 Å². The SMILES string of the molecule is CC(=O)NCc1ccc(C(=O)COC(=O)c2ccc3nc(C)c(C)nc3c2)s1. The summed E-state index contributed by atoms with van der Waals surface area (Å²) in [5.41, 5.74) is 3.24. The topological polar surface area (TPSA) is 98.2 Å². The van der Waals surface area contributed by atoms with E-state index in [0.29, 0.717) is 28.0 Å². The van der Waals surface area contributed by atoms with Crippen molar-refractivity contribution in [1.29, 1.82) is 0 Å². The molecule has 0 aliphatic rings. The van der Waals surface area contributed by atoms with Gasteiger partial charge >= 0.3 is 5.97 Å². The Bertz CT molecular complexity index is 1070. The third-order valence-electron chi connectivity index (χ3n) is 4.09. The Hall–Kier alpha value is -3.13. The van der Waals surface area contributed by atoms with Gasteiger partial charge in [-0.25, -0.2) is 14.8 Å². The van der Waals surface area contributed by atoms with Gasteiger partial charge in [0.2, 0.25) is 11.7 Å². The van der Waals surface area contributed by atoms with E-state index >= 15 is 0 Å². The number of ketones is 1. The number of thiophene rings is 1. The maximum Gasteiger partial charge on any atom is 0.338 e. The highest BCUT2D eigenvalue weighted by molar-refractivity contribution is 7.14. The van der Waals surface area contributed by atoms with Gasteiger partial charge in [-0.3, -0.25) is 9.59 Å². The van der Waals surface area contributed by atoms with E-state index in [1.54, 1.807) is 30.3 Å². The highest BCUT2D eigenvalue weighted by Crippen LogP contribution is 2.18. The monoisotopic (exact) mass is 397 g/mol. The summed E-state index contributed by atoms with van der Waals surface area (Å²) >= 11 is 1.26. The Balaban J connectivity index is 1.63. The van der Waals surface area contributed by atoms with Crippen LogP contribution in [0, 0.1) is 13.8 Å². The molecule has 1 aromatic carbocycles. The summed E-state index contributed by atoms with van der Waals surface area (Å²) < 4.78 is 5.15. The Morgan fingerprint density at radius 2 is 1.75 bits per heavy atom. The second-order valence-corrected chi connectivity index (χ2v) is 7.44. The molecule has 0 radical (unpaired) electrons. The van der Waals surface area contributed by atoms with E-state index in [-0.39, 0.29) is 18.3 Å². The molecule has 28 heavy (non-hydrogen) atoms. The summed E-state index contributed by atoms with van der Waals surface area (Å²) in [7, 11) is 0. The summed E-state index contributed by atoms with van der Waals surface area (Å²) in [6.45, 7) is 5.17. The van der Waals surface area contributed by atoms with E-state index in [4.69, 9.17) is 4.74 Å². The van der Waals surface area contributed by atoms with Gasteiger partial charge in [-0.1, -0.05) is 0 Å². The van der Waals surface area contributed by atoms with Crippen LogP contribution >= 0.6 is 11.3 Å². The van der Waals surface area contributed by atoms with Crippen LogP contribution < -0.4 is 5.32 Å². The van der Waals surface area contributed by atoms with Crippen molar-refractivity contribution in [3.05, 3.63) is 57.0 Å². The first-order chi connectivity index (χ1) is 13.3. The number of aryl methyl sites for hydroxylation is 2. The smallest absolute Gasteiger partial charge is 0.338 e. The number of hydrogen-bond donors (Lipinski definition) is 1. The van der Waals surface area contributed by atoms with Gasteiger partial charge in [0.15, 0.2) is 6.61 Å². The summed E-state index contributed by atoms with van der Waals surface area (Å²) in [4.78, 5) is 45.7. The van der Waals surface area contributed by atoms with E-state index in [0.717, 1.165) is 16.3 Å². The number of hydrogen-bond acceptors (Lipinski definition) is 7. The number of nitrogens with zero attached hydrogens (tertiary/aromatic N) is 2. The summed E-state index contributed by atoms with van der Waals surface area (Å²) in [6.07, 6.45) is 0. The number of amides is 1. The standard InChI is InChI=1S/C20H19N3O4S/c1-11-12(2)23-17-8-14(4-6-16(17)22-11)20(26)27-10-18(25)19-7-5-15(28-19)9-21-13(3)24/h4-8H,9-10H2,1-3H3,(H,21,24). The lowest BCUT2D eigenvalue weighted by Crippen LogP contribution is -2.18. The number of esters is 1. The van der Waals surface area contributed by atoms with Crippen LogP contribution in [0.5, 0.6) is 0 Å². The van der Waals surface area contributed by atoms with Crippen molar-refractivity contribution in [2.24, 2.45) is 0 Å². The molecule has 144 valence electrons. The molecular weight excluding hydrogens is 378 g/mol. The highest BCUT2D eigenvalue weighted by atomic mass is 32.1. The minimum absolute atomic E-state index is 0.138. The number of carbonyl (C=O) groups is 3. The highest BCUT2D eigenvalue weighted by Gasteiger charge is 2.15. The minimum atomic E-state index is -0.592. The zero-order chi connectivity index (χ0) is 20.3. The molecule has 1 N–H and O–H groups in total. The number of ether oxygens (including phenoxy) is 1. The molecular formula is C20H19N3O4S. The van der Waals surface area contributed by atoms with E-state index in [9.17, 15) is 14.4 Å².